The Hall–Kier alpha value is -3.21. The minimum Gasteiger partial charge on any atom is -0.370 e. The number of aromatic nitrogens is 2. The van der Waals surface area contributed by atoms with E-state index in [1.165, 1.54) is 11.1 Å². The summed E-state index contributed by atoms with van der Waals surface area (Å²) in [5, 5.41) is 6.23. The Balaban J connectivity index is 1.53. The number of carbonyl (C=O) groups excluding carboxylic acids is 1. The normalized spacial score (nSPS) is 10.5. The third kappa shape index (κ3) is 5.91. The first-order valence-corrected chi connectivity index (χ1v) is 9.57. The molecule has 144 valence electrons. The van der Waals surface area contributed by atoms with Crippen molar-refractivity contribution < 1.29 is 4.79 Å². The SMILES string of the molecule is Cc1cccc(CNC(=O)c2cc(NCCCc3ccccc3)nc(C)n2)c1. The number of nitrogens with zero attached hydrogens (tertiary/aromatic N) is 2. The molecule has 3 rings (SSSR count). The summed E-state index contributed by atoms with van der Waals surface area (Å²) in [5.41, 5.74) is 3.94. The van der Waals surface area contributed by atoms with Crippen molar-refractivity contribution in [1.82, 2.24) is 15.3 Å². The molecule has 2 N–H and O–H groups in total. The van der Waals surface area contributed by atoms with Gasteiger partial charge in [-0.1, -0.05) is 60.2 Å². The standard InChI is InChI=1S/C23H26N4O/c1-17-8-6-11-20(14-17)16-25-23(28)21-15-22(27-18(2)26-21)24-13-7-12-19-9-4-3-5-10-19/h3-6,8-11,14-15H,7,12-13,16H2,1-2H3,(H,25,28)(H,24,26,27). The molecule has 0 aliphatic rings. The van der Waals surface area contributed by atoms with E-state index in [1.807, 2.05) is 31.2 Å². The molecule has 1 heterocycles. The largest absolute Gasteiger partial charge is 0.370 e. The number of hydrogen-bond acceptors (Lipinski definition) is 4. The Kier molecular flexibility index (Phi) is 6.73. The molecular formula is C23H26N4O. The average Bonchev–Trinajstić information content (AvgIpc) is 2.70. The highest BCUT2D eigenvalue weighted by Crippen LogP contribution is 2.09. The van der Waals surface area contributed by atoms with Crippen LogP contribution < -0.4 is 10.6 Å². The zero-order valence-electron chi connectivity index (χ0n) is 16.4. The van der Waals surface area contributed by atoms with Crippen molar-refractivity contribution in [3.05, 3.63) is 88.9 Å². The second kappa shape index (κ2) is 9.65. The van der Waals surface area contributed by atoms with Gasteiger partial charge in [0.15, 0.2) is 0 Å². The zero-order valence-corrected chi connectivity index (χ0v) is 16.4. The first-order chi connectivity index (χ1) is 13.6. The number of amides is 1. The van der Waals surface area contributed by atoms with Crippen LogP contribution in [0.3, 0.4) is 0 Å². The molecule has 0 atom stereocenters. The maximum Gasteiger partial charge on any atom is 0.270 e. The third-order valence-corrected chi connectivity index (χ3v) is 4.40. The lowest BCUT2D eigenvalue weighted by atomic mass is 10.1. The van der Waals surface area contributed by atoms with Gasteiger partial charge in [0.25, 0.3) is 5.91 Å². The third-order valence-electron chi connectivity index (χ3n) is 4.40. The quantitative estimate of drug-likeness (QED) is 0.583. The molecule has 3 aromatic rings. The number of aryl methyl sites for hydroxylation is 3. The molecule has 0 aliphatic heterocycles. The van der Waals surface area contributed by atoms with Gasteiger partial charge in [-0.2, -0.15) is 0 Å². The van der Waals surface area contributed by atoms with Crippen molar-refractivity contribution in [2.24, 2.45) is 0 Å². The second-order valence-electron chi connectivity index (χ2n) is 6.87. The van der Waals surface area contributed by atoms with E-state index in [4.69, 9.17) is 0 Å². The number of carbonyl (C=O) groups is 1. The molecule has 0 fully saturated rings. The van der Waals surface area contributed by atoms with E-state index in [-0.39, 0.29) is 5.91 Å². The highest BCUT2D eigenvalue weighted by atomic mass is 16.1. The molecule has 0 aliphatic carbocycles. The predicted octanol–water partition coefficient (Wildman–Crippen LogP) is 4.07. The van der Waals surface area contributed by atoms with E-state index >= 15 is 0 Å². The summed E-state index contributed by atoms with van der Waals surface area (Å²) in [6.07, 6.45) is 1.99. The minimum absolute atomic E-state index is 0.195. The molecule has 0 unspecified atom stereocenters. The van der Waals surface area contributed by atoms with Gasteiger partial charge in [0, 0.05) is 19.2 Å². The molecule has 0 spiro atoms. The van der Waals surface area contributed by atoms with Crippen molar-refractivity contribution in [3.63, 3.8) is 0 Å². The topological polar surface area (TPSA) is 66.9 Å². The molecule has 0 radical (unpaired) electrons. The van der Waals surface area contributed by atoms with Crippen molar-refractivity contribution in [2.45, 2.75) is 33.2 Å². The second-order valence-corrected chi connectivity index (χ2v) is 6.87. The van der Waals surface area contributed by atoms with Crippen LogP contribution in [0.4, 0.5) is 5.82 Å². The molecule has 1 amide bonds. The van der Waals surface area contributed by atoms with Crippen LogP contribution in [0, 0.1) is 13.8 Å². The fraction of sp³-hybridized carbons (Fsp3) is 0.261. The predicted molar refractivity (Wildman–Crippen MR) is 112 cm³/mol. The molecular weight excluding hydrogens is 348 g/mol. The molecule has 28 heavy (non-hydrogen) atoms. The molecule has 0 saturated heterocycles. The number of hydrogen-bond donors (Lipinski definition) is 2. The highest BCUT2D eigenvalue weighted by molar-refractivity contribution is 5.92. The van der Waals surface area contributed by atoms with Crippen LogP contribution in [0.25, 0.3) is 0 Å². The number of rotatable bonds is 8. The Morgan fingerprint density at radius 2 is 1.71 bits per heavy atom. The molecule has 0 saturated carbocycles. The smallest absolute Gasteiger partial charge is 0.270 e. The Morgan fingerprint density at radius 3 is 2.50 bits per heavy atom. The fourth-order valence-electron chi connectivity index (χ4n) is 3.02. The van der Waals surface area contributed by atoms with E-state index in [2.05, 4.69) is 50.9 Å². The zero-order chi connectivity index (χ0) is 19.8. The summed E-state index contributed by atoms with van der Waals surface area (Å²) >= 11 is 0. The van der Waals surface area contributed by atoms with E-state index < -0.39 is 0 Å². The van der Waals surface area contributed by atoms with Gasteiger partial charge in [-0.3, -0.25) is 4.79 Å². The Bertz CT molecular complexity index is 925. The van der Waals surface area contributed by atoms with Crippen LogP contribution in [-0.2, 0) is 13.0 Å². The van der Waals surface area contributed by atoms with Crippen molar-refractivity contribution in [2.75, 3.05) is 11.9 Å². The van der Waals surface area contributed by atoms with Crippen LogP contribution in [-0.4, -0.2) is 22.4 Å². The van der Waals surface area contributed by atoms with Crippen molar-refractivity contribution >= 4 is 11.7 Å². The Labute approximate surface area is 166 Å². The van der Waals surface area contributed by atoms with E-state index in [0.717, 1.165) is 24.9 Å². The van der Waals surface area contributed by atoms with Crippen molar-refractivity contribution in [3.8, 4) is 0 Å². The van der Waals surface area contributed by atoms with Crippen LogP contribution in [0.2, 0.25) is 0 Å². The van der Waals surface area contributed by atoms with Gasteiger partial charge < -0.3 is 10.6 Å². The first-order valence-electron chi connectivity index (χ1n) is 9.57. The van der Waals surface area contributed by atoms with Crippen LogP contribution in [0.5, 0.6) is 0 Å². The monoisotopic (exact) mass is 374 g/mol. The van der Waals surface area contributed by atoms with E-state index in [9.17, 15) is 4.79 Å². The maximum absolute atomic E-state index is 12.5. The first kappa shape index (κ1) is 19.5. The summed E-state index contributed by atoms with van der Waals surface area (Å²) in [6.45, 7) is 5.10. The van der Waals surface area contributed by atoms with E-state index in [1.54, 1.807) is 13.0 Å². The summed E-state index contributed by atoms with van der Waals surface area (Å²) < 4.78 is 0. The number of anilines is 1. The summed E-state index contributed by atoms with van der Waals surface area (Å²) in [4.78, 5) is 21.2. The van der Waals surface area contributed by atoms with Gasteiger partial charge in [0.2, 0.25) is 0 Å². The van der Waals surface area contributed by atoms with E-state index in [0.29, 0.717) is 23.9 Å². The number of benzene rings is 2. The van der Waals surface area contributed by atoms with Gasteiger partial charge in [0.1, 0.15) is 17.3 Å². The van der Waals surface area contributed by atoms with Crippen molar-refractivity contribution in [1.29, 1.82) is 0 Å². The minimum atomic E-state index is -0.195. The lowest BCUT2D eigenvalue weighted by Crippen LogP contribution is -2.24. The van der Waals surface area contributed by atoms with Gasteiger partial charge in [-0.25, -0.2) is 9.97 Å². The highest BCUT2D eigenvalue weighted by Gasteiger charge is 2.10. The van der Waals surface area contributed by atoms with Gasteiger partial charge in [0.05, 0.1) is 0 Å². The summed E-state index contributed by atoms with van der Waals surface area (Å²) in [5.74, 6) is 1.06. The molecule has 5 nitrogen and oxygen atoms in total. The molecule has 5 heteroatoms. The van der Waals surface area contributed by atoms with Crippen LogP contribution in [0.15, 0.2) is 60.7 Å². The molecule has 0 bridgehead atoms. The van der Waals surface area contributed by atoms with Crippen LogP contribution in [0.1, 0.15) is 39.4 Å². The van der Waals surface area contributed by atoms with Gasteiger partial charge in [-0.05, 0) is 37.8 Å². The van der Waals surface area contributed by atoms with Gasteiger partial charge >= 0.3 is 0 Å². The molecule has 2 aromatic carbocycles. The average molecular weight is 374 g/mol. The molecule has 1 aromatic heterocycles. The fourth-order valence-corrected chi connectivity index (χ4v) is 3.02. The lowest BCUT2D eigenvalue weighted by molar-refractivity contribution is 0.0945. The maximum atomic E-state index is 12.5. The Morgan fingerprint density at radius 1 is 0.929 bits per heavy atom. The van der Waals surface area contributed by atoms with Gasteiger partial charge in [-0.15, -0.1) is 0 Å². The summed E-state index contributed by atoms with van der Waals surface area (Å²) in [6, 6.07) is 20.2. The summed E-state index contributed by atoms with van der Waals surface area (Å²) in [7, 11) is 0. The lowest BCUT2D eigenvalue weighted by Gasteiger charge is -2.10. The number of nitrogens with one attached hydrogen (secondary N) is 2. The van der Waals surface area contributed by atoms with Crippen LogP contribution >= 0.6 is 0 Å².